The number of aromatic nitrogens is 1. The van der Waals surface area contributed by atoms with Crippen molar-refractivity contribution in [1.82, 2.24) is 9.99 Å². The maximum atomic E-state index is 11.7. The summed E-state index contributed by atoms with van der Waals surface area (Å²) >= 11 is 0. The number of hydrogen-bond acceptors (Lipinski definition) is 2. The van der Waals surface area contributed by atoms with Crippen LogP contribution in [0, 0.1) is 5.92 Å². The average Bonchev–Trinajstić information content (AvgIpc) is 2.78. The number of rotatable bonds is 6. The number of nitrogens with one attached hydrogen (secondary N) is 1. The van der Waals surface area contributed by atoms with Crippen molar-refractivity contribution in [2.75, 3.05) is 0 Å². The smallest absolute Gasteiger partial charge is 0.281 e. The molecule has 0 unspecified atom stereocenters. The van der Waals surface area contributed by atoms with Crippen LogP contribution in [-0.4, -0.2) is 10.5 Å². The summed E-state index contributed by atoms with van der Waals surface area (Å²) in [7, 11) is 0. The van der Waals surface area contributed by atoms with E-state index in [0.29, 0.717) is 17.7 Å². The molecule has 1 amide bonds. The zero-order valence-electron chi connectivity index (χ0n) is 11.9. The predicted octanol–water partition coefficient (Wildman–Crippen LogP) is 2.65. The van der Waals surface area contributed by atoms with E-state index in [2.05, 4.69) is 37.7 Å². The topological polar surface area (TPSA) is 60.0 Å². The lowest BCUT2D eigenvalue weighted by molar-refractivity contribution is 0.0942. The molecular formula is C14H25N3O. The molecule has 0 aromatic carbocycles. The minimum Gasteiger partial charge on any atom is -0.338 e. The number of carbonyl (C=O) groups is 1. The molecule has 0 saturated heterocycles. The van der Waals surface area contributed by atoms with Crippen LogP contribution >= 0.6 is 0 Å². The largest absolute Gasteiger partial charge is 0.338 e. The molecule has 1 aromatic heterocycles. The Bertz CT molecular complexity index is 396. The first-order valence-corrected chi connectivity index (χ1v) is 6.72. The lowest BCUT2D eigenvalue weighted by atomic mass is 10.1. The van der Waals surface area contributed by atoms with Crippen molar-refractivity contribution in [1.29, 1.82) is 0 Å². The molecule has 0 bridgehead atoms. The van der Waals surface area contributed by atoms with E-state index in [4.69, 9.17) is 5.84 Å². The molecule has 0 spiro atoms. The minimum absolute atomic E-state index is 0.217. The van der Waals surface area contributed by atoms with Crippen LogP contribution in [0.25, 0.3) is 0 Å². The molecule has 3 N–H and O–H groups in total. The van der Waals surface area contributed by atoms with Gasteiger partial charge in [-0.1, -0.05) is 20.8 Å². The Morgan fingerprint density at radius 1 is 1.39 bits per heavy atom. The van der Waals surface area contributed by atoms with Gasteiger partial charge in [-0.25, -0.2) is 5.84 Å². The van der Waals surface area contributed by atoms with Crippen molar-refractivity contribution in [3.63, 3.8) is 0 Å². The Balaban J connectivity index is 3.03. The second-order valence-corrected chi connectivity index (χ2v) is 5.24. The summed E-state index contributed by atoms with van der Waals surface area (Å²) in [5.41, 5.74) is 4.10. The molecule has 18 heavy (non-hydrogen) atoms. The quantitative estimate of drug-likeness (QED) is 0.464. The average molecular weight is 251 g/mol. The molecule has 0 aliphatic rings. The van der Waals surface area contributed by atoms with Gasteiger partial charge in [-0.3, -0.25) is 10.2 Å². The van der Waals surface area contributed by atoms with E-state index in [1.165, 1.54) is 5.69 Å². The SMILES string of the molecule is CC[C@@H](C)n1c(CCC(C)C)ccc1C(=O)NN. The molecular weight excluding hydrogens is 226 g/mol. The minimum atomic E-state index is -0.217. The molecule has 1 aromatic rings. The zero-order chi connectivity index (χ0) is 13.7. The van der Waals surface area contributed by atoms with Crippen LogP contribution in [-0.2, 0) is 6.42 Å². The molecule has 1 rings (SSSR count). The van der Waals surface area contributed by atoms with E-state index in [-0.39, 0.29) is 5.91 Å². The normalized spacial score (nSPS) is 12.8. The van der Waals surface area contributed by atoms with Crippen molar-refractivity contribution in [2.24, 2.45) is 11.8 Å². The number of nitrogen functional groups attached to an aromatic ring is 1. The molecule has 0 radical (unpaired) electrons. The Morgan fingerprint density at radius 2 is 2.06 bits per heavy atom. The first-order valence-electron chi connectivity index (χ1n) is 6.72. The van der Waals surface area contributed by atoms with Crippen molar-refractivity contribution >= 4 is 5.91 Å². The third-order valence-corrected chi connectivity index (χ3v) is 3.38. The van der Waals surface area contributed by atoms with Gasteiger partial charge >= 0.3 is 0 Å². The molecule has 0 aliphatic carbocycles. The van der Waals surface area contributed by atoms with Gasteiger partial charge in [0.1, 0.15) is 5.69 Å². The van der Waals surface area contributed by atoms with Crippen LogP contribution in [0.1, 0.15) is 62.8 Å². The summed E-state index contributed by atoms with van der Waals surface area (Å²) in [4.78, 5) is 11.7. The summed E-state index contributed by atoms with van der Waals surface area (Å²) in [5, 5.41) is 0. The molecule has 102 valence electrons. The molecule has 1 heterocycles. The van der Waals surface area contributed by atoms with E-state index in [0.717, 1.165) is 19.3 Å². The second-order valence-electron chi connectivity index (χ2n) is 5.24. The van der Waals surface area contributed by atoms with Crippen LogP contribution in [0.3, 0.4) is 0 Å². The highest BCUT2D eigenvalue weighted by Gasteiger charge is 2.17. The number of hydrazine groups is 1. The monoisotopic (exact) mass is 251 g/mol. The van der Waals surface area contributed by atoms with Crippen molar-refractivity contribution in [2.45, 2.75) is 53.0 Å². The van der Waals surface area contributed by atoms with E-state index < -0.39 is 0 Å². The third kappa shape index (κ3) is 3.35. The Morgan fingerprint density at radius 3 is 2.56 bits per heavy atom. The molecule has 1 atom stereocenters. The number of aryl methyl sites for hydroxylation is 1. The number of nitrogens with two attached hydrogens (primary N) is 1. The first-order chi connectivity index (χ1) is 8.51. The summed E-state index contributed by atoms with van der Waals surface area (Å²) in [5.74, 6) is 5.68. The van der Waals surface area contributed by atoms with Gasteiger partial charge in [0.15, 0.2) is 0 Å². The highest BCUT2D eigenvalue weighted by atomic mass is 16.2. The van der Waals surface area contributed by atoms with E-state index in [1.807, 2.05) is 12.1 Å². The summed E-state index contributed by atoms with van der Waals surface area (Å²) in [6, 6.07) is 4.22. The maximum Gasteiger partial charge on any atom is 0.281 e. The maximum absolute atomic E-state index is 11.7. The zero-order valence-corrected chi connectivity index (χ0v) is 11.9. The summed E-state index contributed by atoms with van der Waals surface area (Å²) < 4.78 is 2.12. The van der Waals surface area contributed by atoms with Crippen LogP contribution in [0.2, 0.25) is 0 Å². The van der Waals surface area contributed by atoms with Gasteiger partial charge in [0.2, 0.25) is 0 Å². The number of amides is 1. The van der Waals surface area contributed by atoms with Gasteiger partial charge in [0.05, 0.1) is 0 Å². The van der Waals surface area contributed by atoms with Gasteiger partial charge in [-0.15, -0.1) is 0 Å². The predicted molar refractivity (Wildman–Crippen MR) is 74.2 cm³/mol. The number of nitrogens with zero attached hydrogens (tertiary/aromatic N) is 1. The fourth-order valence-corrected chi connectivity index (χ4v) is 2.09. The Kier molecular flexibility index (Phi) is 5.41. The summed E-state index contributed by atoms with van der Waals surface area (Å²) in [6.45, 7) is 8.68. The lowest BCUT2D eigenvalue weighted by Crippen LogP contribution is -2.32. The van der Waals surface area contributed by atoms with Gasteiger partial charge in [-0.05, 0) is 44.2 Å². The number of hydrogen-bond donors (Lipinski definition) is 2. The van der Waals surface area contributed by atoms with Gasteiger partial charge in [-0.2, -0.15) is 0 Å². The van der Waals surface area contributed by atoms with Gasteiger partial charge in [0.25, 0.3) is 5.91 Å². The van der Waals surface area contributed by atoms with E-state index in [1.54, 1.807) is 0 Å². The van der Waals surface area contributed by atoms with Crippen molar-refractivity contribution in [3.05, 3.63) is 23.5 Å². The van der Waals surface area contributed by atoms with E-state index >= 15 is 0 Å². The molecule has 4 nitrogen and oxygen atoms in total. The van der Waals surface area contributed by atoms with Crippen LogP contribution in [0.15, 0.2) is 12.1 Å². The van der Waals surface area contributed by atoms with Crippen LogP contribution in [0.5, 0.6) is 0 Å². The van der Waals surface area contributed by atoms with Crippen molar-refractivity contribution < 1.29 is 4.79 Å². The standard InChI is InChI=1S/C14H25N3O/c1-5-11(4)17-12(7-6-10(2)3)8-9-13(17)14(18)16-15/h8-11H,5-7,15H2,1-4H3,(H,16,18)/t11-/m1/s1. The molecule has 0 saturated carbocycles. The Labute approximate surface area is 110 Å². The third-order valence-electron chi connectivity index (χ3n) is 3.38. The number of carbonyl (C=O) groups excluding carboxylic acids is 1. The molecule has 0 aliphatic heterocycles. The molecule has 0 fully saturated rings. The molecule has 4 heteroatoms. The second kappa shape index (κ2) is 6.59. The van der Waals surface area contributed by atoms with Crippen molar-refractivity contribution in [3.8, 4) is 0 Å². The summed E-state index contributed by atoms with van der Waals surface area (Å²) in [6.07, 6.45) is 3.12. The fourth-order valence-electron chi connectivity index (χ4n) is 2.09. The highest BCUT2D eigenvalue weighted by Crippen LogP contribution is 2.21. The van der Waals surface area contributed by atoms with Crippen LogP contribution in [0.4, 0.5) is 0 Å². The first kappa shape index (κ1) is 14.8. The fraction of sp³-hybridized carbons (Fsp3) is 0.643. The Hall–Kier alpha value is -1.29. The van der Waals surface area contributed by atoms with Crippen LogP contribution < -0.4 is 11.3 Å². The van der Waals surface area contributed by atoms with Gasteiger partial charge < -0.3 is 4.57 Å². The lowest BCUT2D eigenvalue weighted by Gasteiger charge is -2.19. The highest BCUT2D eigenvalue weighted by molar-refractivity contribution is 5.92. The van der Waals surface area contributed by atoms with Gasteiger partial charge in [0, 0.05) is 11.7 Å². The van der Waals surface area contributed by atoms with E-state index in [9.17, 15) is 4.79 Å².